The Labute approximate surface area is 159 Å². The van der Waals surface area contributed by atoms with Gasteiger partial charge in [-0.15, -0.1) is 0 Å². The van der Waals surface area contributed by atoms with Gasteiger partial charge in [-0.05, 0) is 25.1 Å². The number of pyridine rings is 1. The molecule has 0 atom stereocenters. The molecule has 140 valence electrons. The van der Waals surface area contributed by atoms with Crippen molar-refractivity contribution in [1.29, 1.82) is 0 Å². The largest absolute Gasteiger partial charge is 0.744 e. The lowest BCUT2D eigenvalue weighted by Gasteiger charge is -2.05. The number of carbonyl (C=O) groups excluding carboxylic acids is 1. The minimum absolute atomic E-state index is 0.0940. The van der Waals surface area contributed by atoms with E-state index in [-0.39, 0.29) is 10.7 Å². The van der Waals surface area contributed by atoms with Crippen molar-refractivity contribution in [2.24, 2.45) is 0 Å². The molecule has 1 heterocycles. The predicted molar refractivity (Wildman–Crippen MR) is 101 cm³/mol. The lowest BCUT2D eigenvalue weighted by atomic mass is 10.2. The third kappa shape index (κ3) is 6.44. The summed E-state index contributed by atoms with van der Waals surface area (Å²) in [5, 5.41) is 0. The lowest BCUT2D eigenvalue weighted by molar-refractivity contribution is -0.690. The van der Waals surface area contributed by atoms with Gasteiger partial charge in [-0.3, -0.25) is 4.79 Å². The van der Waals surface area contributed by atoms with Gasteiger partial charge in [0.25, 0.3) is 0 Å². The van der Waals surface area contributed by atoms with E-state index in [1.165, 1.54) is 17.7 Å². The molecule has 0 N–H and O–H groups in total. The zero-order valence-electron chi connectivity index (χ0n) is 15.2. The second-order valence-corrected chi connectivity index (χ2v) is 7.40. The van der Waals surface area contributed by atoms with Gasteiger partial charge < -0.3 is 4.55 Å². The van der Waals surface area contributed by atoms with Crippen LogP contribution in [-0.2, 0) is 16.7 Å². The van der Waals surface area contributed by atoms with Crippen LogP contribution in [0.3, 0.4) is 0 Å². The molecular formula is C21H21NO4S. The van der Waals surface area contributed by atoms with Crippen molar-refractivity contribution in [3.63, 3.8) is 0 Å². The van der Waals surface area contributed by atoms with E-state index < -0.39 is 10.1 Å². The highest BCUT2D eigenvalue weighted by atomic mass is 32.2. The molecule has 1 aromatic heterocycles. The maximum absolute atomic E-state index is 11.4. The van der Waals surface area contributed by atoms with Crippen molar-refractivity contribution in [3.8, 4) is 0 Å². The average molecular weight is 383 g/mol. The quantitative estimate of drug-likeness (QED) is 0.394. The van der Waals surface area contributed by atoms with Gasteiger partial charge >= 0.3 is 0 Å². The molecule has 3 aromatic rings. The van der Waals surface area contributed by atoms with E-state index in [2.05, 4.69) is 12.1 Å². The maximum Gasteiger partial charge on any atom is 0.248 e. The lowest BCUT2D eigenvalue weighted by Crippen LogP contribution is -2.39. The average Bonchev–Trinajstić information content (AvgIpc) is 2.63. The maximum atomic E-state index is 11.4. The molecule has 2 aromatic carbocycles. The smallest absolute Gasteiger partial charge is 0.248 e. The third-order valence-electron chi connectivity index (χ3n) is 3.81. The summed E-state index contributed by atoms with van der Waals surface area (Å²) < 4.78 is 33.1. The van der Waals surface area contributed by atoms with Crippen LogP contribution in [0.5, 0.6) is 0 Å². The molecule has 0 saturated heterocycles. The highest BCUT2D eigenvalue weighted by Gasteiger charge is 2.13. The van der Waals surface area contributed by atoms with Crippen LogP contribution in [0.25, 0.3) is 0 Å². The second kappa shape index (κ2) is 9.21. The Kier molecular flexibility index (Phi) is 6.98. The van der Waals surface area contributed by atoms with E-state index in [0.29, 0.717) is 0 Å². The van der Waals surface area contributed by atoms with Crippen molar-refractivity contribution in [3.05, 3.63) is 95.8 Å². The van der Waals surface area contributed by atoms with Crippen molar-refractivity contribution in [1.82, 2.24) is 0 Å². The molecule has 0 aliphatic rings. The molecule has 0 aliphatic carbocycles. The van der Waals surface area contributed by atoms with E-state index in [0.717, 1.165) is 17.8 Å². The highest BCUT2D eigenvalue weighted by Crippen LogP contribution is 2.08. The molecule has 0 aliphatic heterocycles. The summed E-state index contributed by atoms with van der Waals surface area (Å²) in [5.41, 5.74) is 2.87. The summed E-state index contributed by atoms with van der Waals surface area (Å²) in [4.78, 5) is 11.3. The Bertz CT molecular complexity index is 998. The van der Waals surface area contributed by atoms with Crippen LogP contribution < -0.4 is 4.57 Å². The summed E-state index contributed by atoms with van der Waals surface area (Å²) in [5.74, 6) is 0.0940. The fourth-order valence-electron chi connectivity index (χ4n) is 2.42. The molecule has 5 nitrogen and oxygen atoms in total. The standard InChI is InChI=1S/C14H14NO.C7H8O3S/c1-12(16)14-9-5-6-10-15(14)11-13-7-3-2-4-8-13;1-6-2-4-7(5-3-6)11(8,9)10/h2-10H,11H2,1H3;2-5H,1H3,(H,8,9,10)/q+1;/p-1. The molecule has 6 heteroatoms. The first-order chi connectivity index (χ1) is 12.8. The van der Waals surface area contributed by atoms with Gasteiger partial charge in [0.15, 0.2) is 12.7 Å². The minimum atomic E-state index is -4.27. The predicted octanol–water partition coefficient (Wildman–Crippen LogP) is 3.12. The van der Waals surface area contributed by atoms with E-state index >= 15 is 0 Å². The normalized spacial score (nSPS) is 10.6. The number of carbonyl (C=O) groups is 1. The number of aryl methyl sites for hydroxylation is 1. The van der Waals surface area contributed by atoms with E-state index in [1.807, 2.05) is 54.1 Å². The van der Waals surface area contributed by atoms with Gasteiger partial charge in [-0.2, -0.15) is 4.57 Å². The molecule has 0 unspecified atom stereocenters. The number of benzene rings is 2. The molecule has 0 amide bonds. The van der Waals surface area contributed by atoms with Crippen LogP contribution in [0.15, 0.2) is 83.9 Å². The summed E-state index contributed by atoms with van der Waals surface area (Å²) >= 11 is 0. The number of nitrogens with zero attached hydrogens (tertiary/aromatic N) is 1. The van der Waals surface area contributed by atoms with Crippen molar-refractivity contribution < 1.29 is 22.3 Å². The Morgan fingerprint density at radius 1 is 0.926 bits per heavy atom. The number of hydrogen-bond donors (Lipinski definition) is 0. The molecule has 0 fully saturated rings. The zero-order valence-corrected chi connectivity index (χ0v) is 16.0. The van der Waals surface area contributed by atoms with E-state index in [4.69, 9.17) is 0 Å². The zero-order chi connectivity index (χ0) is 19.9. The number of hydrogen-bond acceptors (Lipinski definition) is 4. The van der Waals surface area contributed by atoms with Crippen LogP contribution in [0.1, 0.15) is 28.5 Å². The van der Waals surface area contributed by atoms with Crippen LogP contribution in [0.2, 0.25) is 0 Å². The number of aromatic nitrogens is 1. The summed E-state index contributed by atoms with van der Waals surface area (Å²) in [6, 6.07) is 21.6. The van der Waals surface area contributed by atoms with Gasteiger partial charge in [0, 0.05) is 24.6 Å². The van der Waals surface area contributed by atoms with Gasteiger partial charge in [0.1, 0.15) is 10.1 Å². The summed E-state index contributed by atoms with van der Waals surface area (Å²) in [6.45, 7) is 4.15. The minimum Gasteiger partial charge on any atom is -0.744 e. The van der Waals surface area contributed by atoms with Gasteiger partial charge in [-0.25, -0.2) is 8.42 Å². The summed E-state index contributed by atoms with van der Waals surface area (Å²) in [6.07, 6.45) is 1.93. The Balaban J connectivity index is 0.000000208. The van der Waals surface area contributed by atoms with Gasteiger partial charge in [0.2, 0.25) is 11.5 Å². The van der Waals surface area contributed by atoms with Crippen LogP contribution in [-0.4, -0.2) is 18.8 Å². The fraction of sp³-hybridized carbons (Fsp3) is 0.143. The number of Topliss-reactive ketones (excluding diaryl/α,β-unsaturated/α-hetero) is 1. The van der Waals surface area contributed by atoms with E-state index in [9.17, 15) is 17.8 Å². The molecule has 0 radical (unpaired) electrons. The SMILES string of the molecule is CC(=O)c1cccc[n+]1Cc1ccccc1.Cc1ccc(S(=O)(=O)[O-])cc1. The van der Waals surface area contributed by atoms with Crippen LogP contribution in [0, 0.1) is 6.92 Å². The third-order valence-corrected chi connectivity index (χ3v) is 4.66. The first-order valence-electron chi connectivity index (χ1n) is 8.33. The first kappa shape index (κ1) is 20.5. The Morgan fingerprint density at radius 2 is 1.52 bits per heavy atom. The molecule has 3 rings (SSSR count). The number of ketones is 1. The van der Waals surface area contributed by atoms with Gasteiger partial charge in [-0.1, -0.05) is 48.0 Å². The van der Waals surface area contributed by atoms with Crippen LogP contribution >= 0.6 is 0 Å². The van der Waals surface area contributed by atoms with E-state index in [1.54, 1.807) is 19.1 Å². The Hall–Kier alpha value is -2.83. The van der Waals surface area contributed by atoms with Gasteiger partial charge in [0.05, 0.1) is 4.90 Å². The van der Waals surface area contributed by atoms with Crippen molar-refractivity contribution >= 4 is 15.9 Å². The monoisotopic (exact) mass is 383 g/mol. The topological polar surface area (TPSA) is 78.1 Å². The highest BCUT2D eigenvalue weighted by molar-refractivity contribution is 7.85. The van der Waals surface area contributed by atoms with Crippen LogP contribution in [0.4, 0.5) is 0 Å². The molecule has 27 heavy (non-hydrogen) atoms. The fourth-order valence-corrected chi connectivity index (χ4v) is 2.89. The molecule has 0 saturated carbocycles. The first-order valence-corrected chi connectivity index (χ1v) is 9.74. The molecular weight excluding hydrogens is 362 g/mol. The molecule has 0 spiro atoms. The second-order valence-electron chi connectivity index (χ2n) is 6.02. The van der Waals surface area contributed by atoms with Crippen molar-refractivity contribution in [2.75, 3.05) is 0 Å². The van der Waals surface area contributed by atoms with Crippen molar-refractivity contribution in [2.45, 2.75) is 25.3 Å². The summed E-state index contributed by atoms with van der Waals surface area (Å²) in [7, 11) is -4.27. The molecule has 0 bridgehead atoms. The Morgan fingerprint density at radius 3 is 2.07 bits per heavy atom. The number of rotatable bonds is 4.